The number of ether oxygens (including phenoxy) is 3. The fraction of sp³-hybridized carbons (Fsp3) is 0.290. The van der Waals surface area contributed by atoms with Crippen LogP contribution in [0.25, 0.3) is 11.3 Å². The highest BCUT2D eigenvalue weighted by Gasteiger charge is 2.33. The first-order chi connectivity index (χ1) is 18.8. The number of benzene rings is 3. The Morgan fingerprint density at radius 3 is 2.18 bits per heavy atom. The van der Waals surface area contributed by atoms with Crippen LogP contribution in [0.2, 0.25) is 5.02 Å². The average Bonchev–Trinajstić information content (AvgIpc) is 3.36. The minimum atomic E-state index is -0.621. The van der Waals surface area contributed by atoms with Gasteiger partial charge in [-0.25, -0.2) is 4.79 Å². The van der Waals surface area contributed by atoms with Gasteiger partial charge in [0.2, 0.25) is 0 Å². The third kappa shape index (κ3) is 6.37. The second-order valence-electron chi connectivity index (χ2n) is 10.5. The minimum absolute atomic E-state index is 0.343. The normalized spacial score (nSPS) is 13.1. The lowest BCUT2D eigenvalue weighted by Crippen LogP contribution is -2.39. The SMILES string of the molecule is CC(C)(C)OC(=O)N1CCCc2[nH]nc(-c3cc(Cl)c(OCc4ccccc4)cc3OCc3ccccc3)c21. The van der Waals surface area contributed by atoms with Crippen molar-refractivity contribution >= 4 is 23.4 Å². The molecule has 0 atom stereocenters. The molecule has 2 heterocycles. The van der Waals surface area contributed by atoms with Crippen molar-refractivity contribution in [3.05, 3.63) is 94.6 Å². The van der Waals surface area contributed by atoms with Gasteiger partial charge in [-0.3, -0.25) is 10.00 Å². The van der Waals surface area contributed by atoms with Crippen molar-refractivity contribution in [2.24, 2.45) is 0 Å². The smallest absolute Gasteiger partial charge is 0.414 e. The first-order valence-electron chi connectivity index (χ1n) is 13.0. The number of hydrogen-bond donors (Lipinski definition) is 1. The topological polar surface area (TPSA) is 76.7 Å². The highest BCUT2D eigenvalue weighted by atomic mass is 35.5. The fourth-order valence-corrected chi connectivity index (χ4v) is 4.69. The highest BCUT2D eigenvalue weighted by molar-refractivity contribution is 6.32. The molecule has 3 aromatic carbocycles. The number of halogens is 1. The van der Waals surface area contributed by atoms with E-state index >= 15 is 0 Å². The highest BCUT2D eigenvalue weighted by Crippen LogP contribution is 2.44. The number of aromatic amines is 1. The second kappa shape index (κ2) is 11.4. The molecule has 5 rings (SSSR count). The molecule has 0 aliphatic carbocycles. The largest absolute Gasteiger partial charge is 0.488 e. The Hall–Kier alpha value is -3.97. The van der Waals surface area contributed by atoms with E-state index in [-0.39, 0.29) is 0 Å². The summed E-state index contributed by atoms with van der Waals surface area (Å²) < 4.78 is 18.1. The maximum Gasteiger partial charge on any atom is 0.414 e. The van der Waals surface area contributed by atoms with E-state index in [1.807, 2.05) is 81.4 Å². The Morgan fingerprint density at radius 2 is 1.56 bits per heavy atom. The molecule has 0 bridgehead atoms. The molecule has 7 nitrogen and oxygen atoms in total. The third-order valence-corrected chi connectivity index (χ3v) is 6.56. The molecule has 1 aromatic heterocycles. The van der Waals surface area contributed by atoms with E-state index < -0.39 is 11.7 Å². The summed E-state index contributed by atoms with van der Waals surface area (Å²) in [5.74, 6) is 1.05. The molecular formula is C31H32ClN3O4. The lowest BCUT2D eigenvalue weighted by atomic mass is 10.0. The molecule has 0 saturated carbocycles. The van der Waals surface area contributed by atoms with Gasteiger partial charge in [0.05, 0.1) is 16.4 Å². The summed E-state index contributed by atoms with van der Waals surface area (Å²) in [6, 6.07) is 23.4. The van der Waals surface area contributed by atoms with Crippen LogP contribution in [0, 0.1) is 0 Å². The standard InChI is InChI=1S/C31H32ClN3O4/c1-31(2,3)39-30(36)35-16-10-15-25-29(35)28(34-33-25)23-17-24(32)27(38-20-22-13-8-5-9-14-22)18-26(23)37-19-21-11-6-4-7-12-21/h4-9,11-14,17-18H,10,15-16,19-20H2,1-3H3,(H,33,34). The van der Waals surface area contributed by atoms with E-state index in [9.17, 15) is 4.79 Å². The molecule has 1 aliphatic rings. The number of aromatic nitrogens is 2. The van der Waals surface area contributed by atoms with Crippen LogP contribution in [0.5, 0.6) is 11.5 Å². The fourth-order valence-electron chi connectivity index (χ4n) is 4.47. The molecule has 202 valence electrons. The zero-order chi connectivity index (χ0) is 27.4. The zero-order valence-electron chi connectivity index (χ0n) is 22.4. The van der Waals surface area contributed by atoms with Crippen LogP contribution >= 0.6 is 11.6 Å². The lowest BCUT2D eigenvalue weighted by molar-refractivity contribution is 0.0578. The quantitative estimate of drug-likeness (QED) is 0.259. The lowest BCUT2D eigenvalue weighted by Gasteiger charge is -2.30. The zero-order valence-corrected chi connectivity index (χ0v) is 23.1. The van der Waals surface area contributed by atoms with Gasteiger partial charge in [0.1, 0.15) is 36.0 Å². The van der Waals surface area contributed by atoms with Crippen LogP contribution in [0.15, 0.2) is 72.8 Å². The number of carbonyl (C=O) groups is 1. The van der Waals surface area contributed by atoms with Gasteiger partial charge in [-0.2, -0.15) is 5.10 Å². The maximum atomic E-state index is 13.2. The number of nitrogens with one attached hydrogen (secondary N) is 1. The maximum absolute atomic E-state index is 13.2. The average molecular weight is 546 g/mol. The molecule has 0 fully saturated rings. The number of rotatable bonds is 7. The van der Waals surface area contributed by atoms with Crippen molar-refractivity contribution in [3.8, 4) is 22.8 Å². The molecule has 0 spiro atoms. The predicted molar refractivity (Wildman–Crippen MR) is 152 cm³/mol. The Morgan fingerprint density at radius 1 is 0.949 bits per heavy atom. The number of nitrogens with zero attached hydrogens (tertiary/aromatic N) is 2. The number of amides is 1. The van der Waals surface area contributed by atoms with E-state index in [1.165, 1.54) is 0 Å². The van der Waals surface area contributed by atoms with Gasteiger partial charge in [-0.1, -0.05) is 72.3 Å². The second-order valence-corrected chi connectivity index (χ2v) is 10.9. The van der Waals surface area contributed by atoms with Gasteiger partial charge in [0, 0.05) is 18.2 Å². The van der Waals surface area contributed by atoms with Crippen molar-refractivity contribution in [2.45, 2.75) is 52.4 Å². The summed E-state index contributed by atoms with van der Waals surface area (Å²) in [6.45, 7) is 6.80. The van der Waals surface area contributed by atoms with Crippen LogP contribution in [-0.2, 0) is 24.4 Å². The van der Waals surface area contributed by atoms with E-state index in [4.69, 9.17) is 25.8 Å². The van der Waals surface area contributed by atoms with E-state index in [0.717, 1.165) is 29.7 Å². The molecule has 4 aromatic rings. The number of hydrogen-bond acceptors (Lipinski definition) is 5. The van der Waals surface area contributed by atoms with Crippen LogP contribution < -0.4 is 14.4 Å². The molecular weight excluding hydrogens is 514 g/mol. The summed E-state index contributed by atoms with van der Waals surface area (Å²) in [5.41, 5.74) is 4.23. The van der Waals surface area contributed by atoms with Gasteiger partial charge >= 0.3 is 6.09 Å². The molecule has 39 heavy (non-hydrogen) atoms. The molecule has 0 radical (unpaired) electrons. The van der Waals surface area contributed by atoms with Crippen LogP contribution in [-0.4, -0.2) is 28.4 Å². The Bertz CT molecular complexity index is 1430. The number of carbonyl (C=O) groups excluding carboxylic acids is 1. The van der Waals surface area contributed by atoms with Gasteiger partial charge < -0.3 is 14.2 Å². The van der Waals surface area contributed by atoms with Crippen molar-refractivity contribution in [1.29, 1.82) is 0 Å². The Kier molecular flexibility index (Phi) is 7.79. The van der Waals surface area contributed by atoms with Gasteiger partial charge in [-0.15, -0.1) is 0 Å². The first-order valence-corrected chi connectivity index (χ1v) is 13.4. The predicted octanol–water partition coefficient (Wildman–Crippen LogP) is 7.58. The molecule has 1 amide bonds. The monoisotopic (exact) mass is 545 g/mol. The first kappa shape index (κ1) is 26.6. The molecule has 8 heteroatoms. The summed E-state index contributed by atoms with van der Waals surface area (Å²) in [7, 11) is 0. The van der Waals surface area contributed by atoms with Gasteiger partial charge in [-0.05, 0) is 50.8 Å². The van der Waals surface area contributed by atoms with Gasteiger partial charge in [0.15, 0.2) is 0 Å². The summed E-state index contributed by atoms with van der Waals surface area (Å²) in [5, 5.41) is 8.17. The molecule has 1 aliphatic heterocycles. The Labute approximate surface area is 233 Å². The molecule has 0 saturated heterocycles. The number of fused-ring (bicyclic) bond motifs is 1. The van der Waals surface area contributed by atoms with Gasteiger partial charge in [0.25, 0.3) is 0 Å². The van der Waals surface area contributed by atoms with Crippen molar-refractivity contribution < 1.29 is 19.0 Å². The van der Waals surface area contributed by atoms with E-state index in [1.54, 1.807) is 17.0 Å². The number of H-pyrrole nitrogens is 1. The van der Waals surface area contributed by atoms with Crippen LogP contribution in [0.1, 0.15) is 44.0 Å². The van der Waals surface area contributed by atoms with Crippen LogP contribution in [0.4, 0.5) is 10.5 Å². The Balaban J connectivity index is 1.52. The van der Waals surface area contributed by atoms with Crippen LogP contribution in [0.3, 0.4) is 0 Å². The van der Waals surface area contributed by atoms with Crippen molar-refractivity contribution in [3.63, 3.8) is 0 Å². The summed E-state index contributed by atoms with van der Waals surface area (Å²) in [6.07, 6.45) is 1.17. The summed E-state index contributed by atoms with van der Waals surface area (Å²) in [4.78, 5) is 14.8. The number of aryl methyl sites for hydroxylation is 1. The van der Waals surface area contributed by atoms with Crippen molar-refractivity contribution in [2.75, 3.05) is 11.4 Å². The minimum Gasteiger partial charge on any atom is -0.488 e. The number of anilines is 1. The molecule has 0 unspecified atom stereocenters. The third-order valence-electron chi connectivity index (χ3n) is 6.27. The van der Waals surface area contributed by atoms with E-state index in [2.05, 4.69) is 10.2 Å². The van der Waals surface area contributed by atoms with Crippen molar-refractivity contribution in [1.82, 2.24) is 10.2 Å². The summed E-state index contributed by atoms with van der Waals surface area (Å²) >= 11 is 6.75. The molecule has 1 N–H and O–H groups in total. The van der Waals surface area contributed by atoms with E-state index in [0.29, 0.717) is 53.2 Å².